The first-order valence-corrected chi connectivity index (χ1v) is 1.72. The molecule has 0 saturated heterocycles. The molecule has 0 spiro atoms. The molecule has 2 N–H and O–H groups in total. The van der Waals surface area contributed by atoms with E-state index in [0.717, 1.165) is 0 Å². The van der Waals surface area contributed by atoms with Crippen molar-refractivity contribution in [3.05, 3.63) is 0 Å². The Hall–Kier alpha value is -0.219. The van der Waals surface area contributed by atoms with Gasteiger partial charge >= 0.3 is 60.8 Å². The summed E-state index contributed by atoms with van der Waals surface area (Å²) in [4.78, 5) is 26.5. The van der Waals surface area contributed by atoms with Crippen LogP contribution in [0.25, 0.3) is 0 Å². The second kappa shape index (κ2) is 9.78. The number of hydrogen-bond donors (Lipinski definition) is 2. The van der Waals surface area contributed by atoms with Gasteiger partial charge in [-0.25, -0.2) is 9.59 Å². The zero-order chi connectivity index (χ0) is 8.73. The molecule has 0 unspecified atom stereocenters. The van der Waals surface area contributed by atoms with Gasteiger partial charge in [-0.05, 0) is 6.16 Å². The minimum absolute atomic E-state index is 0. The molecule has 0 radical (unpaired) electrons. The zero-order valence-electron chi connectivity index (χ0n) is 5.14. The molecule has 0 amide bonds. The van der Waals surface area contributed by atoms with Crippen molar-refractivity contribution in [2.24, 2.45) is 0 Å². The van der Waals surface area contributed by atoms with Gasteiger partial charge in [0.2, 0.25) is 0 Å². The van der Waals surface area contributed by atoms with Crippen molar-refractivity contribution in [3.8, 4) is 0 Å². The van der Waals surface area contributed by atoms with Gasteiger partial charge in [0.15, 0.2) is 0 Å². The molecule has 0 aromatic heterocycles. The maximum atomic E-state index is 9.10. The third kappa shape index (κ3) is 41.4. The van der Waals surface area contributed by atoms with E-state index >= 15 is 0 Å². The topological polar surface area (TPSA) is 138 Å². The number of carboxylic acid groups (broad SMARTS) is 4. The molecule has 0 aromatic rings. The minimum atomic E-state index is -2.33. The summed E-state index contributed by atoms with van der Waals surface area (Å²) in [6, 6.07) is 0. The second-order valence-corrected chi connectivity index (χ2v) is 0.860. The molecule has 0 rings (SSSR count). The van der Waals surface area contributed by atoms with Crippen LogP contribution in [0.15, 0.2) is 0 Å². The number of aliphatic carboxylic acids is 2. The van der Waals surface area contributed by atoms with E-state index in [1.165, 1.54) is 0 Å². The molecule has 0 saturated carbocycles. The Labute approximate surface area is 101 Å². The van der Waals surface area contributed by atoms with E-state index in [2.05, 4.69) is 0 Å². The predicted molar refractivity (Wildman–Crippen MR) is 26.4 cm³/mol. The maximum Gasteiger partial charge on any atom is 2.00 e. The second-order valence-electron chi connectivity index (χ2n) is 0.860. The molecule has 0 aromatic carbocycles. The van der Waals surface area contributed by atoms with Gasteiger partial charge in [-0.15, -0.1) is 0 Å². The van der Waals surface area contributed by atoms with Gasteiger partial charge in [0.25, 0.3) is 0 Å². The SMILES string of the molecule is O=C(O)C(=O)O.O=C([O-])[O-].[Ba+2]. The van der Waals surface area contributed by atoms with Crippen LogP contribution in [0.1, 0.15) is 0 Å². The fraction of sp³-hybridized carbons (Fsp3) is 0. The first kappa shape index (κ1) is 17.0. The van der Waals surface area contributed by atoms with E-state index in [-0.39, 0.29) is 48.9 Å². The van der Waals surface area contributed by atoms with Crippen molar-refractivity contribution in [2.75, 3.05) is 0 Å². The van der Waals surface area contributed by atoms with E-state index in [1.807, 2.05) is 0 Å². The normalized spacial score (nSPS) is 6.18. The largest absolute Gasteiger partial charge is 2.00 e. The van der Waals surface area contributed by atoms with Crippen LogP contribution < -0.4 is 10.2 Å². The Bertz CT molecular complexity index is 136. The summed E-state index contributed by atoms with van der Waals surface area (Å²) in [5.41, 5.74) is 0. The number of carbonyl (C=O) groups is 3. The first-order chi connectivity index (χ1) is 4.37. The number of carboxylic acids is 2. The van der Waals surface area contributed by atoms with E-state index < -0.39 is 18.1 Å². The maximum absolute atomic E-state index is 9.10. The van der Waals surface area contributed by atoms with Gasteiger partial charge < -0.3 is 25.2 Å². The predicted octanol–water partition coefficient (Wildman–Crippen LogP) is -3.67. The summed E-state index contributed by atoms with van der Waals surface area (Å²) >= 11 is 0. The summed E-state index contributed by atoms with van der Waals surface area (Å²) in [5.74, 6) is -3.65. The van der Waals surface area contributed by atoms with Crippen molar-refractivity contribution in [3.63, 3.8) is 0 Å². The third-order valence-electron chi connectivity index (χ3n) is 0.183. The monoisotopic (exact) mass is 288 g/mol. The van der Waals surface area contributed by atoms with Crippen molar-refractivity contribution in [1.82, 2.24) is 0 Å². The van der Waals surface area contributed by atoms with Crippen molar-refractivity contribution in [1.29, 1.82) is 0 Å². The minimum Gasteiger partial charge on any atom is -0.652 e. The summed E-state index contributed by atoms with van der Waals surface area (Å²) in [5, 5.41) is 31.4. The van der Waals surface area contributed by atoms with E-state index in [0.29, 0.717) is 0 Å². The molecule has 8 heteroatoms. The molecule has 0 atom stereocenters. The van der Waals surface area contributed by atoms with Crippen LogP contribution in [-0.2, 0) is 9.59 Å². The number of rotatable bonds is 0. The smallest absolute Gasteiger partial charge is 0.652 e. The molecule has 7 nitrogen and oxygen atoms in total. The average molecular weight is 287 g/mol. The first-order valence-electron chi connectivity index (χ1n) is 1.72. The average Bonchev–Trinajstić information content (AvgIpc) is 1.63. The van der Waals surface area contributed by atoms with Crippen LogP contribution in [-0.4, -0.2) is 77.2 Å². The molecule has 0 aliphatic rings. The van der Waals surface area contributed by atoms with Crippen LogP contribution in [0, 0.1) is 0 Å². The van der Waals surface area contributed by atoms with Crippen molar-refractivity contribution >= 4 is 67.0 Å². The molecule has 0 aliphatic carbocycles. The molecule has 0 aliphatic heterocycles. The quantitative estimate of drug-likeness (QED) is 0.346. The summed E-state index contributed by atoms with van der Waals surface area (Å²) in [6.45, 7) is 0. The van der Waals surface area contributed by atoms with Crippen LogP contribution in [0.3, 0.4) is 0 Å². The Morgan fingerprint density at radius 2 is 1.00 bits per heavy atom. The van der Waals surface area contributed by atoms with E-state index in [9.17, 15) is 0 Å². The van der Waals surface area contributed by atoms with Crippen LogP contribution >= 0.6 is 0 Å². The molecule has 0 heterocycles. The Balaban J connectivity index is -0.000000114. The van der Waals surface area contributed by atoms with Gasteiger partial charge in [-0.3, -0.25) is 0 Å². The Morgan fingerprint density at radius 3 is 1.00 bits per heavy atom. The molecular weight excluding hydrogens is 285 g/mol. The summed E-state index contributed by atoms with van der Waals surface area (Å²) < 4.78 is 0. The van der Waals surface area contributed by atoms with Crippen molar-refractivity contribution < 1.29 is 34.8 Å². The van der Waals surface area contributed by atoms with Crippen molar-refractivity contribution in [2.45, 2.75) is 0 Å². The zero-order valence-corrected chi connectivity index (χ0v) is 9.58. The molecule has 11 heavy (non-hydrogen) atoms. The Morgan fingerprint density at radius 1 is 0.909 bits per heavy atom. The molecule has 58 valence electrons. The van der Waals surface area contributed by atoms with Crippen LogP contribution in [0.2, 0.25) is 0 Å². The van der Waals surface area contributed by atoms with Crippen LogP contribution in [0.4, 0.5) is 4.79 Å². The van der Waals surface area contributed by atoms with E-state index in [1.54, 1.807) is 0 Å². The standard InChI is InChI=1S/C2H2O4.CH2O3.Ba/c3-1(4)2(5)6;2-1(3)4;/h(H,3,4)(H,5,6);(H2,2,3,4);/q;;+2/p-2. The Kier molecular flexibility index (Phi) is 15.1. The van der Waals surface area contributed by atoms with Gasteiger partial charge in [0, 0.05) is 0 Å². The van der Waals surface area contributed by atoms with Gasteiger partial charge in [0.1, 0.15) is 0 Å². The fourth-order valence-corrected chi connectivity index (χ4v) is 0. The van der Waals surface area contributed by atoms with Gasteiger partial charge in [-0.2, -0.15) is 0 Å². The number of hydrogen-bond acceptors (Lipinski definition) is 5. The summed E-state index contributed by atoms with van der Waals surface area (Å²) in [6.07, 6.45) is -2.33. The third-order valence-corrected chi connectivity index (χ3v) is 0.183. The molecular formula is C3H2BaO7. The fourth-order valence-electron chi connectivity index (χ4n) is 0. The van der Waals surface area contributed by atoms with Gasteiger partial charge in [0.05, 0.1) is 0 Å². The molecule has 0 bridgehead atoms. The van der Waals surface area contributed by atoms with Gasteiger partial charge in [-0.1, -0.05) is 0 Å². The number of carbonyl (C=O) groups excluding carboxylic acids is 1. The van der Waals surface area contributed by atoms with E-state index in [4.69, 9.17) is 34.8 Å². The molecule has 0 fully saturated rings. The van der Waals surface area contributed by atoms with Crippen LogP contribution in [0.5, 0.6) is 0 Å². The summed E-state index contributed by atoms with van der Waals surface area (Å²) in [7, 11) is 0.